The highest BCUT2D eigenvalue weighted by molar-refractivity contribution is 5.93. The Morgan fingerprint density at radius 2 is 1.88 bits per heavy atom. The van der Waals surface area contributed by atoms with Crippen molar-refractivity contribution in [1.82, 2.24) is 0 Å². The Morgan fingerprint density at radius 3 is 2.46 bits per heavy atom. The third kappa shape index (κ3) is 5.38. The Morgan fingerprint density at radius 1 is 1.25 bits per heavy atom. The first kappa shape index (κ1) is 18.5. The van der Waals surface area contributed by atoms with Gasteiger partial charge >= 0.3 is 6.18 Å². The Balaban J connectivity index is 2.03. The highest BCUT2D eigenvalue weighted by Gasteiger charge is 2.37. The van der Waals surface area contributed by atoms with Gasteiger partial charge in [0.15, 0.2) is 12.6 Å². The third-order valence-electron chi connectivity index (χ3n) is 3.97. The molecule has 1 aliphatic rings. The summed E-state index contributed by atoms with van der Waals surface area (Å²) in [7, 11) is 0. The van der Waals surface area contributed by atoms with Gasteiger partial charge in [0.2, 0.25) is 5.78 Å². The second-order valence-electron chi connectivity index (χ2n) is 5.61. The number of ketones is 1. The van der Waals surface area contributed by atoms with E-state index in [4.69, 9.17) is 4.74 Å². The summed E-state index contributed by atoms with van der Waals surface area (Å²) >= 11 is 0. The van der Waals surface area contributed by atoms with Gasteiger partial charge in [0.05, 0.1) is 19.6 Å². The summed E-state index contributed by atoms with van der Waals surface area (Å²) in [6.45, 7) is 3.06. The van der Waals surface area contributed by atoms with Crippen LogP contribution in [0.1, 0.15) is 18.0 Å². The molecule has 2 N–H and O–H groups in total. The third-order valence-corrected chi connectivity index (χ3v) is 3.97. The van der Waals surface area contributed by atoms with Crippen LogP contribution in [0.25, 0.3) is 0 Å². The topological polar surface area (TPSA) is 44.7 Å². The maximum atomic E-state index is 13.1. The van der Waals surface area contributed by atoms with Crippen LogP contribution >= 0.6 is 0 Å². The number of Topliss-reactive ketones (excluding diaryl/α,β-unsaturated/α-hetero) is 1. The number of rotatable bonds is 6. The molecule has 0 radical (unpaired) electrons. The molecule has 0 unspecified atom stereocenters. The number of hydrogen-bond donors (Lipinski definition) is 2. The summed E-state index contributed by atoms with van der Waals surface area (Å²) in [5.41, 5.74) is 0.886. The van der Waals surface area contributed by atoms with Crippen LogP contribution in [0.15, 0.2) is 24.3 Å². The number of ether oxygens (including phenoxy) is 1. The molecule has 0 aliphatic carbocycles. The molecule has 0 spiro atoms. The van der Waals surface area contributed by atoms with Crippen LogP contribution in [-0.4, -0.2) is 51.0 Å². The fourth-order valence-corrected chi connectivity index (χ4v) is 2.66. The summed E-state index contributed by atoms with van der Waals surface area (Å²) in [6.07, 6.45) is -4.39. The van der Waals surface area contributed by atoms with E-state index < -0.39 is 18.4 Å². The van der Waals surface area contributed by atoms with Crippen LogP contribution < -0.4 is 9.89 Å². The van der Waals surface area contributed by atoms with Gasteiger partial charge in [0, 0.05) is 5.56 Å². The van der Waals surface area contributed by atoms with Gasteiger partial charge in [0.1, 0.15) is 25.1 Å². The number of halogens is 4. The molecule has 1 aromatic rings. The average Bonchev–Trinajstić information content (AvgIpc) is 2.56. The summed E-state index contributed by atoms with van der Waals surface area (Å²) in [6, 6.07) is 6.00. The van der Waals surface area contributed by atoms with Gasteiger partial charge in [-0.2, -0.15) is 13.2 Å². The predicted molar refractivity (Wildman–Crippen MR) is 78.2 cm³/mol. The SMILES string of the molecule is O=C(CC=[NH+]C[C@H](c1ccc(F)cc1)[NH+]1CCOCC1)C(F)(F)F. The Kier molecular flexibility index (Phi) is 6.44. The van der Waals surface area contributed by atoms with Crippen molar-refractivity contribution in [2.45, 2.75) is 18.6 Å². The first-order chi connectivity index (χ1) is 11.4. The van der Waals surface area contributed by atoms with Crippen molar-refractivity contribution in [2.24, 2.45) is 0 Å². The second kappa shape index (κ2) is 8.34. The lowest BCUT2D eigenvalue weighted by Gasteiger charge is -2.29. The standard InChI is InChI=1S/C16H18F4N2O2/c17-13-3-1-12(2-4-13)14(22-7-9-24-10-8-22)11-21-6-5-15(23)16(18,19)20/h1-4,6,14H,5,7-11H2/p+2/t14-/m1/s1. The lowest BCUT2D eigenvalue weighted by Crippen LogP contribution is -3.16. The van der Waals surface area contributed by atoms with E-state index in [0.29, 0.717) is 19.8 Å². The molecule has 0 bridgehead atoms. The van der Waals surface area contributed by atoms with Gasteiger partial charge in [-0.25, -0.2) is 9.38 Å². The number of morpholine rings is 1. The number of carbonyl (C=O) groups is 1. The summed E-state index contributed by atoms with van der Waals surface area (Å²) in [5, 5.41) is 0. The van der Waals surface area contributed by atoms with Crippen LogP contribution in [0.2, 0.25) is 0 Å². The molecule has 0 amide bonds. The molecule has 4 nitrogen and oxygen atoms in total. The predicted octanol–water partition coefficient (Wildman–Crippen LogP) is -0.545. The van der Waals surface area contributed by atoms with Crippen LogP contribution in [0.4, 0.5) is 17.6 Å². The summed E-state index contributed by atoms with van der Waals surface area (Å²) < 4.78 is 55.0. The van der Waals surface area contributed by atoms with Crippen molar-refractivity contribution in [3.05, 3.63) is 35.6 Å². The molecule has 24 heavy (non-hydrogen) atoms. The largest absolute Gasteiger partial charge is 0.450 e. The molecule has 8 heteroatoms. The van der Waals surface area contributed by atoms with E-state index >= 15 is 0 Å². The molecule has 1 saturated heterocycles. The van der Waals surface area contributed by atoms with E-state index in [1.807, 2.05) is 0 Å². The molecule has 0 aromatic heterocycles. The van der Waals surface area contributed by atoms with E-state index in [-0.39, 0.29) is 11.9 Å². The van der Waals surface area contributed by atoms with Crippen molar-refractivity contribution >= 4 is 12.0 Å². The first-order valence-electron chi connectivity index (χ1n) is 7.71. The van der Waals surface area contributed by atoms with E-state index in [2.05, 4.69) is 4.99 Å². The van der Waals surface area contributed by atoms with Gasteiger partial charge < -0.3 is 9.64 Å². The molecular formula is C16H20F4N2O2+2. The molecule has 1 aromatic carbocycles. The molecule has 1 aliphatic heterocycles. The lowest BCUT2D eigenvalue weighted by molar-refractivity contribution is -0.946. The minimum absolute atomic E-state index is 0.0632. The number of hydrogen-bond acceptors (Lipinski definition) is 2. The van der Waals surface area contributed by atoms with E-state index in [1.54, 1.807) is 12.1 Å². The number of nitrogens with one attached hydrogen (secondary N) is 2. The normalized spacial score (nSPS) is 18.0. The van der Waals surface area contributed by atoms with Crippen molar-refractivity contribution in [3.8, 4) is 0 Å². The molecule has 1 fully saturated rings. The highest BCUT2D eigenvalue weighted by Crippen LogP contribution is 2.16. The Labute approximate surface area is 137 Å². The maximum Gasteiger partial charge on any atom is 0.450 e. The minimum Gasteiger partial charge on any atom is -0.370 e. The lowest BCUT2D eigenvalue weighted by atomic mass is 10.0. The monoisotopic (exact) mass is 348 g/mol. The minimum atomic E-state index is -4.82. The maximum absolute atomic E-state index is 13.1. The van der Waals surface area contributed by atoms with Gasteiger partial charge in [0.25, 0.3) is 0 Å². The van der Waals surface area contributed by atoms with Gasteiger partial charge in [-0.1, -0.05) is 0 Å². The van der Waals surface area contributed by atoms with Gasteiger partial charge in [-0.15, -0.1) is 0 Å². The van der Waals surface area contributed by atoms with E-state index in [0.717, 1.165) is 24.9 Å². The van der Waals surface area contributed by atoms with Crippen LogP contribution in [-0.2, 0) is 9.53 Å². The van der Waals surface area contributed by atoms with Crippen LogP contribution in [0.3, 0.4) is 0 Å². The number of benzene rings is 1. The van der Waals surface area contributed by atoms with Gasteiger partial charge in [-0.3, -0.25) is 4.79 Å². The smallest absolute Gasteiger partial charge is 0.370 e. The zero-order valence-electron chi connectivity index (χ0n) is 13.0. The van der Waals surface area contributed by atoms with Crippen LogP contribution in [0, 0.1) is 5.82 Å². The van der Waals surface area contributed by atoms with Gasteiger partial charge in [-0.05, 0) is 24.3 Å². The summed E-state index contributed by atoms with van der Waals surface area (Å²) in [5.74, 6) is -2.13. The van der Waals surface area contributed by atoms with Crippen molar-refractivity contribution in [2.75, 3.05) is 32.8 Å². The van der Waals surface area contributed by atoms with Crippen molar-refractivity contribution in [1.29, 1.82) is 0 Å². The fourth-order valence-electron chi connectivity index (χ4n) is 2.66. The number of quaternary nitrogens is 1. The highest BCUT2D eigenvalue weighted by atomic mass is 19.4. The second-order valence-corrected chi connectivity index (χ2v) is 5.61. The van der Waals surface area contributed by atoms with E-state index in [9.17, 15) is 22.4 Å². The Bertz CT molecular complexity index is 566. The zero-order chi connectivity index (χ0) is 17.6. The molecule has 2 rings (SSSR count). The quantitative estimate of drug-likeness (QED) is 0.536. The molecule has 132 valence electrons. The summed E-state index contributed by atoms with van der Waals surface area (Å²) in [4.78, 5) is 14.9. The average molecular weight is 348 g/mol. The molecule has 1 atom stereocenters. The zero-order valence-corrected chi connectivity index (χ0v) is 13.0. The Hall–Kier alpha value is -1.80. The molecule has 0 saturated carbocycles. The number of alkyl halides is 3. The molecule has 1 heterocycles. The van der Waals surface area contributed by atoms with E-state index in [1.165, 1.54) is 17.0 Å². The van der Waals surface area contributed by atoms with Crippen LogP contribution in [0.5, 0.6) is 0 Å². The fraction of sp³-hybridized carbons (Fsp3) is 0.500. The van der Waals surface area contributed by atoms with Crippen molar-refractivity contribution < 1.29 is 37.0 Å². The number of carbonyl (C=O) groups excluding carboxylic acids is 1. The molecular weight excluding hydrogens is 328 g/mol. The van der Waals surface area contributed by atoms with Crippen molar-refractivity contribution in [3.63, 3.8) is 0 Å². The first-order valence-corrected chi connectivity index (χ1v) is 7.71.